The highest BCUT2D eigenvalue weighted by Gasteiger charge is 2.25. The highest BCUT2D eigenvalue weighted by Crippen LogP contribution is 2.25. The number of nitrogens with zero attached hydrogens (tertiary/aromatic N) is 4. The Balaban J connectivity index is 2.06. The van der Waals surface area contributed by atoms with Crippen LogP contribution < -0.4 is 0 Å². The Labute approximate surface area is 94.9 Å². The van der Waals surface area contributed by atoms with E-state index >= 15 is 0 Å². The molecule has 1 fully saturated rings. The van der Waals surface area contributed by atoms with Crippen LogP contribution in [0.5, 0.6) is 0 Å². The van der Waals surface area contributed by atoms with Crippen molar-refractivity contribution in [2.24, 2.45) is 0 Å². The Hall–Kier alpha value is -1.42. The fourth-order valence-electron chi connectivity index (χ4n) is 2.44. The predicted octanol–water partition coefficient (Wildman–Crippen LogP) is 1.46. The number of fused-ring (bicyclic) bond motifs is 1. The van der Waals surface area contributed by atoms with Crippen LogP contribution in [0.3, 0.4) is 0 Å². The molecule has 1 aliphatic heterocycles. The minimum Gasteiger partial charge on any atom is -0.306 e. The monoisotopic (exact) mass is 216 g/mol. The number of pyridine rings is 1. The number of hydrogen-bond acceptors (Lipinski definition) is 3. The lowest BCUT2D eigenvalue weighted by atomic mass is 10.1. The van der Waals surface area contributed by atoms with E-state index in [1.165, 1.54) is 12.0 Å². The number of rotatable bonds is 1. The molecule has 4 nitrogen and oxygen atoms in total. The summed E-state index contributed by atoms with van der Waals surface area (Å²) in [5.74, 6) is 1.64. The third kappa shape index (κ3) is 1.50. The van der Waals surface area contributed by atoms with Crippen molar-refractivity contribution >= 4 is 5.65 Å². The normalized spacial score (nSPS) is 22.0. The molecule has 16 heavy (non-hydrogen) atoms. The molecule has 0 saturated carbocycles. The molecule has 84 valence electrons. The van der Waals surface area contributed by atoms with Crippen LogP contribution in [0.1, 0.15) is 23.7 Å². The van der Waals surface area contributed by atoms with E-state index in [-0.39, 0.29) is 0 Å². The molecule has 0 amide bonds. The molecule has 1 aliphatic rings. The first-order chi connectivity index (χ1) is 7.74. The van der Waals surface area contributed by atoms with Crippen LogP contribution in [0.2, 0.25) is 0 Å². The van der Waals surface area contributed by atoms with E-state index in [1.54, 1.807) is 0 Å². The predicted molar refractivity (Wildman–Crippen MR) is 62.6 cm³/mol. The first-order valence-electron chi connectivity index (χ1n) is 5.74. The van der Waals surface area contributed by atoms with Crippen LogP contribution in [0.15, 0.2) is 18.3 Å². The minimum absolute atomic E-state index is 0.529. The van der Waals surface area contributed by atoms with Gasteiger partial charge in [0.15, 0.2) is 5.65 Å². The second kappa shape index (κ2) is 3.56. The first-order valence-corrected chi connectivity index (χ1v) is 5.74. The van der Waals surface area contributed by atoms with E-state index < -0.39 is 0 Å². The highest BCUT2D eigenvalue weighted by atomic mass is 15.3. The number of likely N-dealkylation sites (N-methyl/N-ethyl adjacent to an activating group) is 1. The maximum absolute atomic E-state index is 4.34. The van der Waals surface area contributed by atoms with Crippen molar-refractivity contribution < 1.29 is 0 Å². The first kappa shape index (κ1) is 9.78. The molecule has 4 heteroatoms. The molecule has 3 rings (SSSR count). The fraction of sp³-hybridized carbons (Fsp3) is 0.500. The van der Waals surface area contributed by atoms with Crippen LogP contribution >= 0.6 is 0 Å². The van der Waals surface area contributed by atoms with Crippen molar-refractivity contribution in [3.63, 3.8) is 0 Å². The van der Waals surface area contributed by atoms with Crippen molar-refractivity contribution in [3.05, 3.63) is 29.7 Å². The number of aromatic nitrogens is 3. The zero-order valence-electron chi connectivity index (χ0n) is 9.72. The van der Waals surface area contributed by atoms with Crippen LogP contribution in [0.25, 0.3) is 5.65 Å². The summed E-state index contributed by atoms with van der Waals surface area (Å²) in [6.07, 6.45) is 3.31. The second-order valence-electron chi connectivity index (χ2n) is 4.74. The molecule has 0 aromatic carbocycles. The summed E-state index contributed by atoms with van der Waals surface area (Å²) in [5.41, 5.74) is 2.20. The summed E-state index contributed by atoms with van der Waals surface area (Å²) in [4.78, 5) is 2.35. The average molecular weight is 216 g/mol. The van der Waals surface area contributed by atoms with E-state index in [2.05, 4.69) is 45.7 Å². The lowest BCUT2D eigenvalue weighted by Crippen LogP contribution is -2.14. The largest absolute Gasteiger partial charge is 0.306 e. The maximum atomic E-state index is 4.34. The molecule has 1 unspecified atom stereocenters. The van der Waals surface area contributed by atoms with Crippen molar-refractivity contribution in [2.75, 3.05) is 20.1 Å². The van der Waals surface area contributed by atoms with Gasteiger partial charge in [0.2, 0.25) is 0 Å². The van der Waals surface area contributed by atoms with Crippen molar-refractivity contribution in [2.45, 2.75) is 19.3 Å². The van der Waals surface area contributed by atoms with Gasteiger partial charge in [-0.2, -0.15) is 0 Å². The van der Waals surface area contributed by atoms with Crippen LogP contribution in [0, 0.1) is 6.92 Å². The Kier molecular flexibility index (Phi) is 2.17. The molecule has 2 aromatic heterocycles. The summed E-state index contributed by atoms with van der Waals surface area (Å²) in [7, 11) is 2.16. The van der Waals surface area contributed by atoms with Crippen molar-refractivity contribution in [1.82, 2.24) is 19.5 Å². The standard InChI is InChI=1S/C12H16N4/c1-9-3-4-11-13-14-12(16(11)7-9)10-5-6-15(2)8-10/h3-4,7,10H,5-6,8H2,1-2H3. The van der Waals surface area contributed by atoms with E-state index in [9.17, 15) is 0 Å². The third-order valence-electron chi connectivity index (χ3n) is 3.33. The molecule has 1 saturated heterocycles. The molecular weight excluding hydrogens is 200 g/mol. The van der Waals surface area contributed by atoms with Crippen molar-refractivity contribution in [3.8, 4) is 0 Å². The second-order valence-corrected chi connectivity index (χ2v) is 4.74. The van der Waals surface area contributed by atoms with Crippen LogP contribution in [-0.4, -0.2) is 39.6 Å². The summed E-state index contributed by atoms with van der Waals surface area (Å²) < 4.78 is 2.14. The van der Waals surface area contributed by atoms with Crippen LogP contribution in [-0.2, 0) is 0 Å². The zero-order valence-corrected chi connectivity index (χ0v) is 9.72. The van der Waals surface area contributed by atoms with E-state index in [0.29, 0.717) is 5.92 Å². The van der Waals surface area contributed by atoms with Gasteiger partial charge >= 0.3 is 0 Å². The Morgan fingerprint density at radius 3 is 2.94 bits per heavy atom. The Morgan fingerprint density at radius 2 is 2.19 bits per heavy atom. The van der Waals surface area contributed by atoms with Gasteiger partial charge in [-0.25, -0.2) is 0 Å². The summed E-state index contributed by atoms with van der Waals surface area (Å²) in [6.45, 7) is 4.35. The van der Waals surface area contributed by atoms with Gasteiger partial charge in [-0.3, -0.25) is 4.40 Å². The van der Waals surface area contributed by atoms with Gasteiger partial charge in [-0.05, 0) is 38.6 Å². The van der Waals surface area contributed by atoms with Gasteiger partial charge < -0.3 is 4.90 Å². The molecule has 0 N–H and O–H groups in total. The Morgan fingerprint density at radius 1 is 1.31 bits per heavy atom. The molecular formula is C12H16N4. The lowest BCUT2D eigenvalue weighted by molar-refractivity contribution is 0.409. The van der Waals surface area contributed by atoms with Gasteiger partial charge in [0.25, 0.3) is 0 Å². The number of hydrogen-bond donors (Lipinski definition) is 0. The van der Waals surface area contributed by atoms with Gasteiger partial charge in [-0.15, -0.1) is 10.2 Å². The molecule has 0 aliphatic carbocycles. The van der Waals surface area contributed by atoms with E-state index in [1.807, 2.05) is 6.07 Å². The Bertz CT molecular complexity index is 517. The van der Waals surface area contributed by atoms with Crippen LogP contribution in [0.4, 0.5) is 0 Å². The SMILES string of the molecule is Cc1ccc2nnc(C3CCN(C)C3)n2c1. The number of aryl methyl sites for hydroxylation is 1. The summed E-state index contributed by atoms with van der Waals surface area (Å²) in [5, 5.41) is 8.56. The maximum Gasteiger partial charge on any atom is 0.160 e. The molecule has 0 bridgehead atoms. The van der Waals surface area contributed by atoms with E-state index in [0.717, 1.165) is 24.6 Å². The molecule has 1 atom stereocenters. The smallest absolute Gasteiger partial charge is 0.160 e. The molecule has 0 radical (unpaired) electrons. The fourth-order valence-corrected chi connectivity index (χ4v) is 2.44. The highest BCUT2D eigenvalue weighted by molar-refractivity contribution is 5.39. The summed E-state index contributed by atoms with van der Waals surface area (Å²) in [6, 6.07) is 4.11. The van der Waals surface area contributed by atoms with Gasteiger partial charge in [-0.1, -0.05) is 6.07 Å². The molecule has 0 spiro atoms. The van der Waals surface area contributed by atoms with Gasteiger partial charge in [0.1, 0.15) is 5.82 Å². The average Bonchev–Trinajstić information content (AvgIpc) is 2.83. The topological polar surface area (TPSA) is 33.4 Å². The molecule has 2 aromatic rings. The zero-order chi connectivity index (χ0) is 11.1. The minimum atomic E-state index is 0.529. The molecule has 3 heterocycles. The quantitative estimate of drug-likeness (QED) is 0.723. The number of likely N-dealkylation sites (tertiary alicyclic amines) is 1. The lowest BCUT2D eigenvalue weighted by Gasteiger charge is -2.08. The summed E-state index contributed by atoms with van der Waals surface area (Å²) >= 11 is 0. The van der Waals surface area contributed by atoms with Crippen molar-refractivity contribution in [1.29, 1.82) is 0 Å². The van der Waals surface area contributed by atoms with Gasteiger partial charge in [0.05, 0.1) is 0 Å². The third-order valence-corrected chi connectivity index (χ3v) is 3.33. The van der Waals surface area contributed by atoms with Gasteiger partial charge in [0, 0.05) is 18.7 Å². The van der Waals surface area contributed by atoms with E-state index in [4.69, 9.17) is 0 Å².